The van der Waals surface area contributed by atoms with E-state index in [2.05, 4.69) is 42.3 Å². The van der Waals surface area contributed by atoms with Crippen LogP contribution in [0.4, 0.5) is 10.6 Å². The van der Waals surface area contributed by atoms with Crippen LogP contribution >= 0.6 is 0 Å². The minimum atomic E-state index is -0.315. The first kappa shape index (κ1) is 21.9. The minimum Gasteiger partial charge on any atom is -0.447 e. The number of aromatic amines is 1. The SMILES string of the molecule is Cc1cc(CC(=O)Nc2cc([C@H]3CCC(C([CH2][Al])OC(=O)NC4(C)CC4)C3)[nH]n2)on1. The molecule has 4 rings (SSSR count). The summed E-state index contributed by atoms with van der Waals surface area (Å²) in [5.74, 6) is 1.41. The van der Waals surface area contributed by atoms with Gasteiger partial charge >= 0.3 is 6.09 Å². The predicted octanol–water partition coefficient (Wildman–Crippen LogP) is 3.01. The van der Waals surface area contributed by atoms with Crippen molar-refractivity contribution >= 4 is 34.1 Å². The fraction of sp³-hybridized carbons (Fsp3) is 0.619. The molecule has 2 aromatic heterocycles. The lowest BCUT2D eigenvalue weighted by atomic mass is 9.98. The second-order valence-electron chi connectivity index (χ2n) is 9.00. The van der Waals surface area contributed by atoms with Crippen molar-refractivity contribution in [2.24, 2.45) is 5.92 Å². The van der Waals surface area contributed by atoms with Gasteiger partial charge < -0.3 is 19.9 Å². The second kappa shape index (κ2) is 9.05. The fourth-order valence-electron chi connectivity index (χ4n) is 4.15. The van der Waals surface area contributed by atoms with Crippen LogP contribution in [0.25, 0.3) is 0 Å². The Bertz CT molecular complexity index is 938. The zero-order valence-corrected chi connectivity index (χ0v) is 19.1. The van der Waals surface area contributed by atoms with Gasteiger partial charge in [0.2, 0.25) is 5.91 Å². The van der Waals surface area contributed by atoms with Gasteiger partial charge in [-0.1, -0.05) is 10.4 Å². The van der Waals surface area contributed by atoms with Crippen molar-refractivity contribution in [3.63, 3.8) is 0 Å². The molecule has 0 spiro atoms. The van der Waals surface area contributed by atoms with E-state index in [4.69, 9.17) is 9.26 Å². The Balaban J connectivity index is 1.28. The summed E-state index contributed by atoms with van der Waals surface area (Å²) in [6.45, 7) is 3.85. The number of aromatic nitrogens is 3. The maximum Gasteiger partial charge on any atom is 0.407 e. The van der Waals surface area contributed by atoms with E-state index in [1.165, 1.54) is 0 Å². The van der Waals surface area contributed by atoms with Gasteiger partial charge in [-0.05, 0) is 51.9 Å². The lowest BCUT2D eigenvalue weighted by molar-refractivity contribution is -0.115. The van der Waals surface area contributed by atoms with Crippen LogP contribution in [0.1, 0.15) is 62.1 Å². The normalized spacial score (nSPS) is 22.6. The summed E-state index contributed by atoms with van der Waals surface area (Å²) in [5, 5.41) is 17.5. The molecule has 2 aliphatic carbocycles. The highest BCUT2D eigenvalue weighted by Crippen LogP contribution is 2.41. The molecule has 2 aromatic rings. The van der Waals surface area contributed by atoms with Gasteiger partial charge in [0, 0.05) is 29.3 Å². The topological polar surface area (TPSA) is 122 Å². The molecule has 2 fully saturated rings. The molecule has 0 bridgehead atoms. The first-order valence-electron chi connectivity index (χ1n) is 10.8. The summed E-state index contributed by atoms with van der Waals surface area (Å²) in [6.07, 6.45) is 4.58. The van der Waals surface area contributed by atoms with Crippen molar-refractivity contribution in [1.82, 2.24) is 20.7 Å². The van der Waals surface area contributed by atoms with Gasteiger partial charge in [-0.3, -0.25) is 9.89 Å². The number of hydrogen-bond donors (Lipinski definition) is 3. The van der Waals surface area contributed by atoms with Crippen molar-refractivity contribution < 1.29 is 18.8 Å². The Morgan fingerprint density at radius 3 is 2.87 bits per heavy atom. The largest absolute Gasteiger partial charge is 0.447 e. The smallest absolute Gasteiger partial charge is 0.407 e. The molecule has 3 atom stereocenters. The highest BCUT2D eigenvalue weighted by molar-refractivity contribution is 6.09. The molecule has 0 aromatic carbocycles. The van der Waals surface area contributed by atoms with E-state index < -0.39 is 0 Å². The van der Waals surface area contributed by atoms with Crippen LogP contribution < -0.4 is 10.6 Å². The summed E-state index contributed by atoms with van der Waals surface area (Å²) >= 11 is 2.70. The Morgan fingerprint density at radius 2 is 2.19 bits per heavy atom. The van der Waals surface area contributed by atoms with Crippen molar-refractivity contribution in [2.75, 3.05) is 5.32 Å². The zero-order valence-electron chi connectivity index (χ0n) is 17.9. The fourth-order valence-corrected chi connectivity index (χ4v) is 4.64. The van der Waals surface area contributed by atoms with Gasteiger partial charge in [-0.15, -0.1) is 0 Å². The minimum absolute atomic E-state index is 0.0796. The monoisotopic (exact) mass is 441 g/mol. The number of amides is 2. The van der Waals surface area contributed by atoms with E-state index in [9.17, 15) is 9.59 Å². The number of aryl methyl sites for hydroxylation is 1. The van der Waals surface area contributed by atoms with Crippen molar-refractivity contribution in [3.8, 4) is 0 Å². The number of H-pyrrole nitrogens is 1. The summed E-state index contributed by atoms with van der Waals surface area (Å²) in [5.41, 5.74) is 1.66. The molecule has 0 aliphatic heterocycles. The summed E-state index contributed by atoms with van der Waals surface area (Å²) in [4.78, 5) is 24.4. The number of hydrogen-bond acceptors (Lipinski definition) is 6. The zero-order chi connectivity index (χ0) is 22.0. The van der Waals surface area contributed by atoms with E-state index in [1.807, 2.05) is 19.9 Å². The summed E-state index contributed by atoms with van der Waals surface area (Å²) in [7, 11) is 0. The van der Waals surface area contributed by atoms with Gasteiger partial charge in [0.15, 0.2) is 5.82 Å². The molecule has 31 heavy (non-hydrogen) atoms. The molecule has 2 amide bonds. The second-order valence-corrected chi connectivity index (χ2v) is 9.47. The van der Waals surface area contributed by atoms with Crippen molar-refractivity contribution in [1.29, 1.82) is 0 Å². The molecule has 164 valence electrons. The maximum atomic E-state index is 12.2. The van der Waals surface area contributed by atoms with E-state index in [0.29, 0.717) is 28.7 Å². The Hall–Kier alpha value is -2.31. The molecular weight excluding hydrogens is 413 g/mol. The van der Waals surface area contributed by atoms with Crippen LogP contribution in [0.3, 0.4) is 0 Å². The lowest BCUT2D eigenvalue weighted by Crippen LogP contribution is -2.38. The number of ether oxygens (including phenoxy) is 1. The molecule has 0 saturated heterocycles. The van der Waals surface area contributed by atoms with E-state index in [0.717, 1.165) is 43.5 Å². The number of rotatable bonds is 8. The maximum absolute atomic E-state index is 12.2. The molecule has 9 nitrogen and oxygen atoms in total. The van der Waals surface area contributed by atoms with Crippen LogP contribution in [0.15, 0.2) is 16.7 Å². The number of nitrogens with zero attached hydrogens (tertiary/aromatic N) is 2. The van der Waals surface area contributed by atoms with Gasteiger partial charge in [-0.2, -0.15) is 5.10 Å². The number of alkyl carbamates (subject to hydrolysis) is 1. The lowest BCUT2D eigenvalue weighted by Gasteiger charge is -2.24. The van der Waals surface area contributed by atoms with E-state index >= 15 is 0 Å². The number of nitrogens with one attached hydrogen (secondary N) is 3. The molecule has 2 unspecified atom stereocenters. The van der Waals surface area contributed by atoms with Crippen LogP contribution in [-0.4, -0.2) is 55.3 Å². The van der Waals surface area contributed by atoms with Crippen LogP contribution in [0.5, 0.6) is 0 Å². The molecular formula is C21H28AlN5O4. The summed E-state index contributed by atoms with van der Waals surface area (Å²) in [6, 6.07) is 3.62. The third-order valence-corrected chi connectivity index (χ3v) is 6.67. The Morgan fingerprint density at radius 1 is 1.39 bits per heavy atom. The standard InChI is InChI=1S/C21H28N5O4.Al/c1-12-8-16(30-26-12)10-19(27)22-18-11-17(24-25-18)15-5-4-14(9-15)13(2)29-20(28)23-21(3)6-7-21;/h8,11,13-15H,2,4-7,9-10H2,1,3H3,(H,23,28)(H2,22,24,25,27);/t13?,14?,15-;/m0./s1. The number of carbonyl (C=O) groups is 2. The third-order valence-electron chi connectivity index (χ3n) is 6.21. The average Bonchev–Trinajstić information content (AvgIpc) is 3.16. The number of anilines is 1. The van der Waals surface area contributed by atoms with Crippen LogP contribution in [0, 0.1) is 12.8 Å². The molecule has 3 N–H and O–H groups in total. The molecule has 2 aliphatic rings. The van der Waals surface area contributed by atoms with Gasteiger partial charge in [0.25, 0.3) is 0 Å². The van der Waals surface area contributed by atoms with Gasteiger partial charge in [-0.25, -0.2) is 4.79 Å². The van der Waals surface area contributed by atoms with Crippen molar-refractivity contribution in [3.05, 3.63) is 29.3 Å². The van der Waals surface area contributed by atoms with Crippen molar-refractivity contribution in [2.45, 2.75) is 75.2 Å². The number of carbonyl (C=O) groups excluding carboxylic acids is 2. The van der Waals surface area contributed by atoms with E-state index in [-0.39, 0.29) is 30.1 Å². The first-order chi connectivity index (χ1) is 14.8. The molecule has 2 heterocycles. The quantitative estimate of drug-likeness (QED) is 0.542. The first-order valence-corrected chi connectivity index (χ1v) is 11.6. The molecule has 2 radical (unpaired) electrons. The van der Waals surface area contributed by atoms with Gasteiger partial charge in [0.05, 0.1) is 18.2 Å². The predicted molar refractivity (Wildman–Crippen MR) is 114 cm³/mol. The molecule has 2 saturated carbocycles. The molecule has 10 heteroatoms. The Kier molecular flexibility index (Phi) is 6.40. The van der Waals surface area contributed by atoms with Crippen LogP contribution in [-0.2, 0) is 16.0 Å². The van der Waals surface area contributed by atoms with Crippen LogP contribution in [0.2, 0.25) is 5.28 Å². The van der Waals surface area contributed by atoms with E-state index in [1.54, 1.807) is 6.07 Å². The third kappa shape index (κ3) is 5.69. The Labute approximate surface area is 189 Å². The van der Waals surface area contributed by atoms with Gasteiger partial charge in [0.1, 0.15) is 22.1 Å². The summed E-state index contributed by atoms with van der Waals surface area (Å²) < 4.78 is 10.8. The average molecular weight is 441 g/mol. The highest BCUT2D eigenvalue weighted by atomic mass is 27.0. The highest BCUT2D eigenvalue weighted by Gasteiger charge is 2.40.